The molecule has 0 radical (unpaired) electrons. The summed E-state index contributed by atoms with van der Waals surface area (Å²) in [5, 5.41) is 15.0. The second kappa shape index (κ2) is 7.05. The first-order valence-electron chi connectivity index (χ1n) is 7.53. The van der Waals surface area contributed by atoms with Crippen molar-refractivity contribution in [1.29, 1.82) is 0 Å². The van der Waals surface area contributed by atoms with Gasteiger partial charge in [-0.05, 0) is 37.0 Å². The quantitative estimate of drug-likeness (QED) is 0.781. The minimum Gasteiger partial charge on any atom is -0.396 e. The average Bonchev–Trinajstić information content (AvgIpc) is 2.80. The van der Waals surface area contributed by atoms with E-state index in [-0.39, 0.29) is 30.6 Å². The fourth-order valence-corrected chi connectivity index (χ4v) is 2.95. The molecule has 1 aromatic rings. The summed E-state index contributed by atoms with van der Waals surface area (Å²) >= 11 is 0. The molecule has 2 atom stereocenters. The van der Waals surface area contributed by atoms with Gasteiger partial charge in [-0.2, -0.15) is 0 Å². The maximum atomic E-state index is 13.0. The van der Waals surface area contributed by atoms with E-state index in [1.54, 1.807) is 0 Å². The molecule has 1 aliphatic carbocycles. The molecule has 3 N–H and O–H groups in total. The van der Waals surface area contributed by atoms with Gasteiger partial charge in [0.15, 0.2) is 0 Å². The molecular weight excluding hydrogens is 290 g/mol. The lowest BCUT2D eigenvalue weighted by molar-refractivity contribution is 0.121. The Bertz CT molecular complexity index is 519. The number of carbonyl (C=O) groups is 1. The lowest BCUT2D eigenvalue weighted by Crippen LogP contribution is -2.48. The molecule has 0 saturated heterocycles. The van der Waals surface area contributed by atoms with Crippen LogP contribution in [0.2, 0.25) is 0 Å². The second-order valence-corrected chi connectivity index (χ2v) is 6.18. The lowest BCUT2D eigenvalue weighted by Gasteiger charge is -2.30. The number of nitrogens with one attached hydrogen (secondary N) is 2. The lowest BCUT2D eigenvalue weighted by atomic mass is 9.86. The Labute approximate surface area is 128 Å². The van der Waals surface area contributed by atoms with Crippen LogP contribution in [0, 0.1) is 17.0 Å². The molecule has 6 heteroatoms. The van der Waals surface area contributed by atoms with E-state index in [9.17, 15) is 18.7 Å². The van der Waals surface area contributed by atoms with Gasteiger partial charge in [-0.25, -0.2) is 13.6 Å². The van der Waals surface area contributed by atoms with Crippen molar-refractivity contribution in [2.45, 2.75) is 38.6 Å². The molecule has 0 heterocycles. The van der Waals surface area contributed by atoms with Gasteiger partial charge in [-0.15, -0.1) is 0 Å². The topological polar surface area (TPSA) is 61.4 Å². The van der Waals surface area contributed by atoms with Crippen molar-refractivity contribution in [1.82, 2.24) is 10.6 Å². The summed E-state index contributed by atoms with van der Waals surface area (Å²) in [6, 6.07) is 2.96. The summed E-state index contributed by atoms with van der Waals surface area (Å²) in [6.45, 7) is 2.29. The SMILES string of the molecule is CC1(CO)CCCC1NC(=O)NCCc1cc(F)cc(F)c1. The van der Waals surface area contributed by atoms with E-state index in [2.05, 4.69) is 10.6 Å². The Hall–Kier alpha value is -1.69. The van der Waals surface area contributed by atoms with Crippen LogP contribution in [0.25, 0.3) is 0 Å². The molecular formula is C16H22F2N2O2. The van der Waals surface area contributed by atoms with Crippen molar-refractivity contribution in [3.8, 4) is 0 Å². The van der Waals surface area contributed by atoms with Gasteiger partial charge in [0.25, 0.3) is 0 Å². The summed E-state index contributed by atoms with van der Waals surface area (Å²) in [7, 11) is 0. The highest BCUT2D eigenvalue weighted by molar-refractivity contribution is 5.74. The third-order valence-corrected chi connectivity index (χ3v) is 4.37. The van der Waals surface area contributed by atoms with E-state index in [1.807, 2.05) is 6.92 Å². The highest BCUT2D eigenvalue weighted by Gasteiger charge is 2.38. The molecule has 1 aromatic carbocycles. The van der Waals surface area contributed by atoms with Crippen LogP contribution < -0.4 is 10.6 Å². The molecule has 0 aromatic heterocycles. The number of amides is 2. The van der Waals surface area contributed by atoms with Gasteiger partial charge in [0.05, 0.1) is 6.61 Å². The van der Waals surface area contributed by atoms with Crippen LogP contribution in [0.15, 0.2) is 18.2 Å². The van der Waals surface area contributed by atoms with Crippen LogP contribution in [0.4, 0.5) is 13.6 Å². The molecule has 0 bridgehead atoms. The van der Waals surface area contributed by atoms with Crippen LogP contribution in [-0.2, 0) is 6.42 Å². The van der Waals surface area contributed by atoms with Crippen molar-refractivity contribution in [2.24, 2.45) is 5.41 Å². The van der Waals surface area contributed by atoms with E-state index in [1.165, 1.54) is 12.1 Å². The number of aliphatic hydroxyl groups excluding tert-OH is 1. The number of halogens is 2. The molecule has 122 valence electrons. The van der Waals surface area contributed by atoms with Crippen LogP contribution in [0.3, 0.4) is 0 Å². The first-order valence-corrected chi connectivity index (χ1v) is 7.53. The molecule has 1 aliphatic rings. The average molecular weight is 312 g/mol. The highest BCUT2D eigenvalue weighted by atomic mass is 19.1. The van der Waals surface area contributed by atoms with E-state index in [0.29, 0.717) is 12.0 Å². The Morgan fingerprint density at radius 1 is 1.36 bits per heavy atom. The van der Waals surface area contributed by atoms with E-state index in [0.717, 1.165) is 25.3 Å². The molecule has 1 fully saturated rings. The van der Waals surface area contributed by atoms with Crippen molar-refractivity contribution >= 4 is 6.03 Å². The zero-order valence-electron chi connectivity index (χ0n) is 12.7. The van der Waals surface area contributed by atoms with Crippen molar-refractivity contribution < 1.29 is 18.7 Å². The summed E-state index contributed by atoms with van der Waals surface area (Å²) in [5.41, 5.74) is 0.224. The first-order chi connectivity index (χ1) is 10.4. The number of benzene rings is 1. The smallest absolute Gasteiger partial charge is 0.315 e. The predicted molar refractivity (Wildman–Crippen MR) is 79.4 cm³/mol. The number of aliphatic hydroxyl groups is 1. The maximum Gasteiger partial charge on any atom is 0.315 e. The highest BCUT2D eigenvalue weighted by Crippen LogP contribution is 2.37. The van der Waals surface area contributed by atoms with Crippen molar-refractivity contribution in [3.05, 3.63) is 35.4 Å². The molecule has 0 spiro atoms. The molecule has 2 amide bonds. The molecule has 2 rings (SSSR count). The largest absolute Gasteiger partial charge is 0.396 e. The van der Waals surface area contributed by atoms with Gasteiger partial charge < -0.3 is 15.7 Å². The summed E-state index contributed by atoms with van der Waals surface area (Å²) in [4.78, 5) is 11.9. The fraction of sp³-hybridized carbons (Fsp3) is 0.562. The molecule has 2 unspecified atom stereocenters. The Balaban J connectivity index is 1.78. The number of hydrogen-bond donors (Lipinski definition) is 3. The number of carbonyl (C=O) groups excluding carboxylic acids is 1. The Morgan fingerprint density at radius 3 is 2.68 bits per heavy atom. The van der Waals surface area contributed by atoms with Gasteiger partial charge in [0.1, 0.15) is 11.6 Å². The van der Waals surface area contributed by atoms with Crippen LogP contribution in [0.5, 0.6) is 0 Å². The van der Waals surface area contributed by atoms with Crippen molar-refractivity contribution in [3.63, 3.8) is 0 Å². The van der Waals surface area contributed by atoms with E-state index >= 15 is 0 Å². The van der Waals surface area contributed by atoms with Gasteiger partial charge in [0.2, 0.25) is 0 Å². The molecule has 1 saturated carbocycles. The minimum absolute atomic E-state index is 0.0422. The number of hydrogen-bond acceptors (Lipinski definition) is 2. The number of rotatable bonds is 5. The zero-order chi connectivity index (χ0) is 16.2. The molecule has 22 heavy (non-hydrogen) atoms. The normalized spacial score (nSPS) is 24.3. The fourth-order valence-electron chi connectivity index (χ4n) is 2.95. The first kappa shape index (κ1) is 16.7. The Morgan fingerprint density at radius 2 is 2.05 bits per heavy atom. The minimum atomic E-state index is -0.621. The zero-order valence-corrected chi connectivity index (χ0v) is 12.7. The predicted octanol–water partition coefficient (Wildman–Crippen LogP) is 2.36. The number of urea groups is 1. The molecule has 0 aliphatic heterocycles. The summed E-state index contributed by atoms with van der Waals surface area (Å²) in [5.74, 6) is -1.24. The second-order valence-electron chi connectivity index (χ2n) is 6.18. The van der Waals surface area contributed by atoms with Crippen LogP contribution >= 0.6 is 0 Å². The summed E-state index contributed by atoms with van der Waals surface area (Å²) in [6.07, 6.45) is 3.06. The molecule has 4 nitrogen and oxygen atoms in total. The van der Waals surface area contributed by atoms with E-state index in [4.69, 9.17) is 0 Å². The maximum absolute atomic E-state index is 13.0. The monoisotopic (exact) mass is 312 g/mol. The standard InChI is InChI=1S/C16H22F2N2O2/c1-16(10-21)5-2-3-14(16)20-15(22)19-6-4-11-7-12(17)9-13(18)8-11/h7-9,14,21H,2-6,10H2,1H3,(H2,19,20,22). The third kappa shape index (κ3) is 4.16. The van der Waals surface area contributed by atoms with Gasteiger partial charge in [-0.1, -0.05) is 13.3 Å². The van der Waals surface area contributed by atoms with Crippen LogP contribution in [-0.4, -0.2) is 30.3 Å². The Kier molecular flexibility index (Phi) is 5.34. The summed E-state index contributed by atoms with van der Waals surface area (Å²) < 4.78 is 26.1. The van der Waals surface area contributed by atoms with Gasteiger partial charge in [-0.3, -0.25) is 0 Å². The van der Waals surface area contributed by atoms with Gasteiger partial charge in [0, 0.05) is 24.1 Å². The van der Waals surface area contributed by atoms with Crippen LogP contribution in [0.1, 0.15) is 31.7 Å². The van der Waals surface area contributed by atoms with Gasteiger partial charge >= 0.3 is 6.03 Å². The van der Waals surface area contributed by atoms with Crippen molar-refractivity contribution in [2.75, 3.05) is 13.2 Å². The third-order valence-electron chi connectivity index (χ3n) is 4.37. The van der Waals surface area contributed by atoms with E-state index < -0.39 is 11.6 Å².